The van der Waals surface area contributed by atoms with Crippen LogP contribution < -0.4 is 14.9 Å². The smallest absolute Gasteiger partial charge is 0.271 e. The molecule has 0 bridgehead atoms. The van der Waals surface area contributed by atoms with Crippen molar-refractivity contribution in [1.29, 1.82) is 0 Å². The van der Waals surface area contributed by atoms with Crippen molar-refractivity contribution in [3.8, 4) is 11.5 Å². The van der Waals surface area contributed by atoms with Crippen LogP contribution in [-0.4, -0.2) is 25.8 Å². The lowest BCUT2D eigenvalue weighted by molar-refractivity contribution is 0.0954. The predicted octanol–water partition coefficient (Wildman–Crippen LogP) is 4.55. The SMILES string of the molecule is CCC(=NNC(=O)c1ccc(OC)c(OC)c1)c1ccc(Cl)cc1Cl. The summed E-state index contributed by atoms with van der Waals surface area (Å²) in [5.41, 5.74) is 4.31. The van der Waals surface area contributed by atoms with Crippen LogP contribution in [0.25, 0.3) is 0 Å². The number of amides is 1. The van der Waals surface area contributed by atoms with Crippen molar-refractivity contribution in [3.63, 3.8) is 0 Å². The van der Waals surface area contributed by atoms with Crippen LogP contribution in [0.15, 0.2) is 41.5 Å². The fourth-order valence-electron chi connectivity index (χ4n) is 2.21. The molecule has 0 spiro atoms. The van der Waals surface area contributed by atoms with Crippen molar-refractivity contribution >= 4 is 34.8 Å². The number of ether oxygens (including phenoxy) is 2. The van der Waals surface area contributed by atoms with E-state index >= 15 is 0 Å². The molecule has 0 unspecified atom stereocenters. The topological polar surface area (TPSA) is 59.9 Å². The van der Waals surface area contributed by atoms with Gasteiger partial charge in [0, 0.05) is 16.1 Å². The van der Waals surface area contributed by atoms with Gasteiger partial charge in [-0.1, -0.05) is 36.2 Å². The Kier molecular flexibility index (Phi) is 6.67. The first-order chi connectivity index (χ1) is 12.0. The highest BCUT2D eigenvalue weighted by Crippen LogP contribution is 2.27. The highest BCUT2D eigenvalue weighted by atomic mass is 35.5. The molecule has 132 valence electrons. The minimum Gasteiger partial charge on any atom is -0.493 e. The number of carbonyl (C=O) groups is 1. The lowest BCUT2D eigenvalue weighted by atomic mass is 10.1. The molecule has 2 aromatic rings. The minimum atomic E-state index is -0.364. The Bertz CT molecular complexity index is 807. The van der Waals surface area contributed by atoms with Gasteiger partial charge in [0.2, 0.25) is 0 Å². The van der Waals surface area contributed by atoms with Crippen LogP contribution in [0.4, 0.5) is 0 Å². The van der Waals surface area contributed by atoms with Crippen LogP contribution in [0.3, 0.4) is 0 Å². The number of carbonyl (C=O) groups excluding carboxylic acids is 1. The third-order valence-corrected chi connectivity index (χ3v) is 4.06. The second kappa shape index (κ2) is 8.74. The van der Waals surface area contributed by atoms with Gasteiger partial charge in [0.05, 0.1) is 25.0 Å². The summed E-state index contributed by atoms with van der Waals surface area (Å²) in [5, 5.41) is 5.22. The van der Waals surface area contributed by atoms with Crippen LogP contribution in [-0.2, 0) is 0 Å². The van der Waals surface area contributed by atoms with Crippen LogP contribution in [0.5, 0.6) is 11.5 Å². The number of hydrogen-bond acceptors (Lipinski definition) is 4. The molecule has 0 radical (unpaired) electrons. The Morgan fingerprint density at radius 1 is 1.08 bits per heavy atom. The van der Waals surface area contributed by atoms with E-state index in [2.05, 4.69) is 10.5 Å². The largest absolute Gasteiger partial charge is 0.493 e. The zero-order chi connectivity index (χ0) is 18.4. The number of nitrogens with one attached hydrogen (secondary N) is 1. The van der Waals surface area contributed by atoms with Gasteiger partial charge in [0.25, 0.3) is 5.91 Å². The fourth-order valence-corrected chi connectivity index (χ4v) is 2.73. The summed E-state index contributed by atoms with van der Waals surface area (Å²) in [7, 11) is 3.04. The van der Waals surface area contributed by atoms with E-state index in [1.54, 1.807) is 36.4 Å². The number of benzene rings is 2. The summed E-state index contributed by atoms with van der Waals surface area (Å²) in [4.78, 5) is 12.3. The van der Waals surface area contributed by atoms with Crippen molar-refractivity contribution in [3.05, 3.63) is 57.6 Å². The third kappa shape index (κ3) is 4.65. The number of hydrazone groups is 1. The number of hydrogen-bond donors (Lipinski definition) is 1. The van der Waals surface area contributed by atoms with Crippen molar-refractivity contribution in [2.24, 2.45) is 5.10 Å². The second-order valence-electron chi connectivity index (χ2n) is 5.05. The molecule has 0 atom stereocenters. The van der Waals surface area contributed by atoms with Gasteiger partial charge in [0.1, 0.15) is 0 Å². The molecular weight excluding hydrogens is 363 g/mol. The second-order valence-corrected chi connectivity index (χ2v) is 5.89. The van der Waals surface area contributed by atoms with E-state index in [-0.39, 0.29) is 5.91 Å². The van der Waals surface area contributed by atoms with Gasteiger partial charge in [-0.3, -0.25) is 4.79 Å². The molecule has 0 saturated carbocycles. The molecule has 1 amide bonds. The molecular formula is C18H18Cl2N2O3. The van der Waals surface area contributed by atoms with Crippen molar-refractivity contribution < 1.29 is 14.3 Å². The van der Waals surface area contributed by atoms with E-state index in [1.165, 1.54) is 14.2 Å². The first kappa shape index (κ1) is 19.1. The monoisotopic (exact) mass is 380 g/mol. The quantitative estimate of drug-likeness (QED) is 0.590. The molecule has 7 heteroatoms. The molecule has 0 aliphatic carbocycles. The summed E-state index contributed by atoms with van der Waals surface area (Å²) in [6.45, 7) is 1.92. The average Bonchev–Trinajstić information content (AvgIpc) is 2.62. The van der Waals surface area contributed by atoms with E-state index in [1.807, 2.05) is 6.92 Å². The zero-order valence-electron chi connectivity index (χ0n) is 14.1. The fraction of sp³-hybridized carbons (Fsp3) is 0.222. The summed E-state index contributed by atoms with van der Waals surface area (Å²) < 4.78 is 10.4. The summed E-state index contributed by atoms with van der Waals surface area (Å²) in [6.07, 6.45) is 0.591. The highest BCUT2D eigenvalue weighted by molar-refractivity contribution is 6.37. The standard InChI is InChI=1S/C18H18Cl2N2O3/c1-4-15(13-7-6-12(19)10-14(13)20)21-22-18(23)11-5-8-16(24-2)17(9-11)25-3/h5-10H,4H2,1-3H3,(H,22,23). The molecule has 0 fully saturated rings. The maximum Gasteiger partial charge on any atom is 0.271 e. The molecule has 25 heavy (non-hydrogen) atoms. The predicted molar refractivity (Wildman–Crippen MR) is 100 cm³/mol. The van der Waals surface area contributed by atoms with Gasteiger partial charge in [-0.15, -0.1) is 0 Å². The summed E-state index contributed by atoms with van der Waals surface area (Å²) in [5.74, 6) is 0.650. The van der Waals surface area contributed by atoms with E-state index in [4.69, 9.17) is 32.7 Å². The number of halogens is 2. The zero-order valence-corrected chi connectivity index (χ0v) is 15.6. The van der Waals surface area contributed by atoms with Crippen molar-refractivity contribution in [2.75, 3.05) is 14.2 Å². The average molecular weight is 381 g/mol. The maximum atomic E-state index is 12.3. The first-order valence-electron chi connectivity index (χ1n) is 7.54. The van der Waals surface area contributed by atoms with Crippen molar-refractivity contribution in [2.45, 2.75) is 13.3 Å². The molecule has 0 aliphatic heterocycles. The van der Waals surface area contributed by atoms with Gasteiger partial charge in [-0.05, 0) is 36.8 Å². The van der Waals surface area contributed by atoms with Gasteiger partial charge in [-0.2, -0.15) is 5.10 Å². The highest BCUT2D eigenvalue weighted by Gasteiger charge is 2.12. The van der Waals surface area contributed by atoms with Crippen LogP contribution in [0.2, 0.25) is 10.0 Å². The Labute approximate surface area is 156 Å². The van der Waals surface area contributed by atoms with Gasteiger partial charge in [-0.25, -0.2) is 5.43 Å². The van der Waals surface area contributed by atoms with Crippen LogP contribution in [0.1, 0.15) is 29.3 Å². The minimum absolute atomic E-state index is 0.364. The Hall–Kier alpha value is -2.24. The Morgan fingerprint density at radius 3 is 2.40 bits per heavy atom. The summed E-state index contributed by atoms with van der Waals surface area (Å²) in [6, 6.07) is 10.0. The van der Waals surface area contributed by atoms with Crippen LogP contribution in [0, 0.1) is 0 Å². The Balaban J connectivity index is 2.22. The molecule has 0 heterocycles. The molecule has 0 aliphatic rings. The van der Waals surface area contributed by atoms with E-state index in [9.17, 15) is 4.79 Å². The van der Waals surface area contributed by atoms with E-state index in [0.717, 1.165) is 5.56 Å². The molecule has 1 N–H and O–H groups in total. The first-order valence-corrected chi connectivity index (χ1v) is 8.30. The van der Waals surface area contributed by atoms with Gasteiger partial charge in [0.15, 0.2) is 11.5 Å². The number of methoxy groups -OCH3 is 2. The molecule has 0 saturated heterocycles. The van der Waals surface area contributed by atoms with Gasteiger partial charge < -0.3 is 9.47 Å². The summed E-state index contributed by atoms with van der Waals surface area (Å²) >= 11 is 12.1. The molecule has 0 aromatic heterocycles. The molecule has 2 aromatic carbocycles. The lowest BCUT2D eigenvalue weighted by Crippen LogP contribution is -2.20. The van der Waals surface area contributed by atoms with E-state index in [0.29, 0.717) is 39.2 Å². The third-order valence-electron chi connectivity index (χ3n) is 3.52. The molecule has 2 rings (SSSR count). The number of rotatable bonds is 6. The Morgan fingerprint density at radius 2 is 1.80 bits per heavy atom. The van der Waals surface area contributed by atoms with Crippen molar-refractivity contribution in [1.82, 2.24) is 5.43 Å². The normalized spacial score (nSPS) is 11.2. The van der Waals surface area contributed by atoms with Gasteiger partial charge >= 0.3 is 0 Å². The maximum absolute atomic E-state index is 12.3. The number of nitrogens with zero attached hydrogens (tertiary/aromatic N) is 1. The lowest BCUT2D eigenvalue weighted by Gasteiger charge is -2.10. The molecule has 5 nitrogen and oxygen atoms in total. The van der Waals surface area contributed by atoms with E-state index < -0.39 is 0 Å². The van der Waals surface area contributed by atoms with Crippen LogP contribution >= 0.6 is 23.2 Å².